The van der Waals surface area contributed by atoms with E-state index in [1.54, 1.807) is 0 Å². The number of para-hydroxylation sites is 1. The average molecular weight is 465 g/mol. The Morgan fingerprint density at radius 3 is 2.03 bits per heavy atom. The van der Waals surface area contributed by atoms with Gasteiger partial charge in [0.25, 0.3) is 20.2 Å². The third-order valence-electron chi connectivity index (χ3n) is 5.29. The van der Waals surface area contributed by atoms with Gasteiger partial charge in [0.05, 0.1) is 11.0 Å². The average Bonchev–Trinajstić information content (AvgIpc) is 2.62. The molecule has 0 aliphatic heterocycles. The molecule has 2 N–H and O–H groups in total. The van der Waals surface area contributed by atoms with Gasteiger partial charge in [0, 0.05) is 30.9 Å². The van der Waals surface area contributed by atoms with Crippen LogP contribution in [-0.4, -0.2) is 73.6 Å². The fourth-order valence-electron chi connectivity index (χ4n) is 3.84. The molecule has 0 heterocycles. The van der Waals surface area contributed by atoms with Crippen molar-refractivity contribution in [3.05, 3.63) is 30.3 Å². The minimum absolute atomic E-state index is 0.0216. The molecule has 10 heteroatoms. The normalized spacial score (nSPS) is 14.8. The highest BCUT2D eigenvalue weighted by Gasteiger charge is 2.28. The van der Waals surface area contributed by atoms with Crippen LogP contribution >= 0.6 is 0 Å². The van der Waals surface area contributed by atoms with Crippen LogP contribution in [0, 0.1) is 0 Å². The molecule has 0 saturated heterocycles. The Labute approximate surface area is 181 Å². The number of nitrogens with zero attached hydrogens (tertiary/aromatic N) is 2. The van der Waals surface area contributed by atoms with Crippen LogP contribution < -0.4 is 4.90 Å². The third-order valence-corrected chi connectivity index (χ3v) is 7.37. The Balaban J connectivity index is 2.91. The predicted octanol–water partition coefficient (Wildman–Crippen LogP) is 2.93. The first kappa shape index (κ1) is 26.8. The largest absolute Gasteiger partial charge is 0.371 e. The Hall–Kier alpha value is -1.20. The van der Waals surface area contributed by atoms with Crippen molar-refractivity contribution in [3.63, 3.8) is 0 Å². The highest BCUT2D eigenvalue weighted by molar-refractivity contribution is 7.86. The van der Waals surface area contributed by atoms with Crippen LogP contribution in [0.25, 0.3) is 0 Å². The van der Waals surface area contributed by atoms with Gasteiger partial charge in [-0.15, -0.1) is 0 Å². The number of hydrogen-bond donors (Lipinski definition) is 2. The molecule has 174 valence electrons. The third kappa shape index (κ3) is 9.74. The standard InChI is InChI=1S/C20H36N2O6S2/c1-5-22(17(2)3)18(4)16-20(30(26,27)28)12-14-21(13-9-15-29(23,24)25)19-10-7-6-8-11-19/h6-8,10-11,17-18,20H,5,9,12-16H2,1-4H3,(H,23,24,25)(H,26,27,28). The summed E-state index contributed by atoms with van der Waals surface area (Å²) in [5, 5.41) is -0.923. The van der Waals surface area contributed by atoms with E-state index in [2.05, 4.69) is 18.7 Å². The fraction of sp³-hybridized carbons (Fsp3) is 0.700. The summed E-state index contributed by atoms with van der Waals surface area (Å²) in [6.45, 7) is 9.53. The predicted molar refractivity (Wildman–Crippen MR) is 121 cm³/mol. The van der Waals surface area contributed by atoms with E-state index in [9.17, 15) is 21.4 Å². The highest BCUT2D eigenvalue weighted by atomic mass is 32.2. The molecule has 2 atom stereocenters. The molecule has 0 saturated carbocycles. The van der Waals surface area contributed by atoms with Gasteiger partial charge in [-0.3, -0.25) is 14.0 Å². The lowest BCUT2D eigenvalue weighted by Crippen LogP contribution is -2.42. The molecule has 0 radical (unpaired) electrons. The van der Waals surface area contributed by atoms with Gasteiger partial charge < -0.3 is 4.90 Å². The lowest BCUT2D eigenvalue weighted by Gasteiger charge is -2.34. The zero-order chi connectivity index (χ0) is 22.9. The van der Waals surface area contributed by atoms with Crippen molar-refractivity contribution in [2.75, 3.05) is 30.3 Å². The van der Waals surface area contributed by atoms with Gasteiger partial charge in [0.1, 0.15) is 0 Å². The number of rotatable bonds is 14. The molecule has 1 rings (SSSR count). The van der Waals surface area contributed by atoms with E-state index in [4.69, 9.17) is 4.55 Å². The van der Waals surface area contributed by atoms with Crippen molar-refractivity contribution in [2.24, 2.45) is 0 Å². The van der Waals surface area contributed by atoms with E-state index in [-0.39, 0.29) is 30.7 Å². The molecule has 2 unspecified atom stereocenters. The summed E-state index contributed by atoms with van der Waals surface area (Å²) < 4.78 is 65.0. The summed E-state index contributed by atoms with van der Waals surface area (Å²) in [5.41, 5.74) is 0.826. The van der Waals surface area contributed by atoms with Crippen LogP contribution in [-0.2, 0) is 20.2 Å². The minimum atomic E-state index is -4.24. The van der Waals surface area contributed by atoms with Gasteiger partial charge in [-0.25, -0.2) is 0 Å². The van der Waals surface area contributed by atoms with Crippen LogP contribution in [0.2, 0.25) is 0 Å². The van der Waals surface area contributed by atoms with E-state index < -0.39 is 25.5 Å². The second-order valence-electron chi connectivity index (χ2n) is 7.90. The number of hydrogen-bond acceptors (Lipinski definition) is 6. The molecule has 0 fully saturated rings. The van der Waals surface area contributed by atoms with E-state index in [0.717, 1.165) is 12.2 Å². The molecule has 0 bridgehead atoms. The summed E-state index contributed by atoms with van der Waals surface area (Å²) in [6.07, 6.45) is 0.718. The SMILES string of the molecule is CCN(C(C)C)C(C)CC(CCN(CCCS(=O)(=O)O)c1ccccc1)S(=O)(=O)O. The first-order valence-corrected chi connectivity index (χ1v) is 13.4. The molecule has 0 aliphatic rings. The second kappa shape index (κ2) is 12.0. The van der Waals surface area contributed by atoms with E-state index in [1.165, 1.54) is 0 Å². The van der Waals surface area contributed by atoms with Crippen molar-refractivity contribution >= 4 is 25.9 Å². The van der Waals surface area contributed by atoms with Crippen molar-refractivity contribution in [1.29, 1.82) is 0 Å². The maximum atomic E-state index is 12.0. The molecule has 0 aliphatic carbocycles. The van der Waals surface area contributed by atoms with Gasteiger partial charge >= 0.3 is 0 Å². The lowest BCUT2D eigenvalue weighted by atomic mass is 10.1. The van der Waals surface area contributed by atoms with Crippen LogP contribution in [0.15, 0.2) is 30.3 Å². The Morgan fingerprint density at radius 2 is 1.57 bits per heavy atom. The fourth-order valence-corrected chi connectivity index (χ4v) is 5.26. The molecule has 0 spiro atoms. The first-order valence-electron chi connectivity index (χ1n) is 10.3. The highest BCUT2D eigenvalue weighted by Crippen LogP contribution is 2.20. The first-order chi connectivity index (χ1) is 13.8. The molecule has 30 heavy (non-hydrogen) atoms. The van der Waals surface area contributed by atoms with Gasteiger partial charge in [0.2, 0.25) is 0 Å². The molecular formula is C20H36N2O6S2. The quantitative estimate of drug-likeness (QED) is 0.404. The van der Waals surface area contributed by atoms with Crippen LogP contribution in [0.1, 0.15) is 47.0 Å². The summed E-state index contributed by atoms with van der Waals surface area (Å²) in [4.78, 5) is 4.06. The maximum absolute atomic E-state index is 12.0. The number of anilines is 1. The summed E-state index contributed by atoms with van der Waals surface area (Å²) in [7, 11) is -8.30. The Morgan fingerprint density at radius 1 is 0.967 bits per heavy atom. The zero-order valence-electron chi connectivity index (χ0n) is 18.3. The van der Waals surface area contributed by atoms with E-state index >= 15 is 0 Å². The van der Waals surface area contributed by atoms with E-state index in [1.807, 2.05) is 49.1 Å². The summed E-state index contributed by atoms with van der Waals surface area (Å²) in [5.74, 6) is -0.366. The smallest absolute Gasteiger partial charge is 0.267 e. The molecule has 1 aromatic carbocycles. The second-order valence-corrected chi connectivity index (χ2v) is 11.2. The van der Waals surface area contributed by atoms with Gasteiger partial charge in [0.15, 0.2) is 0 Å². The molecule has 0 aromatic heterocycles. The molecule has 8 nitrogen and oxygen atoms in total. The topological polar surface area (TPSA) is 115 Å². The minimum Gasteiger partial charge on any atom is -0.371 e. The van der Waals surface area contributed by atoms with Crippen molar-refractivity contribution < 1.29 is 25.9 Å². The molecule has 0 amide bonds. The summed E-state index contributed by atoms with van der Waals surface area (Å²) >= 11 is 0. The van der Waals surface area contributed by atoms with Crippen molar-refractivity contribution in [3.8, 4) is 0 Å². The van der Waals surface area contributed by atoms with Gasteiger partial charge in [-0.1, -0.05) is 25.1 Å². The van der Waals surface area contributed by atoms with Crippen molar-refractivity contribution in [2.45, 2.75) is 64.3 Å². The molecule has 1 aromatic rings. The van der Waals surface area contributed by atoms with Gasteiger partial charge in [-0.2, -0.15) is 16.8 Å². The molecular weight excluding hydrogens is 428 g/mol. The summed E-state index contributed by atoms with van der Waals surface area (Å²) in [6, 6.07) is 9.49. The monoisotopic (exact) mass is 464 g/mol. The van der Waals surface area contributed by atoms with Gasteiger partial charge in [-0.05, 0) is 58.7 Å². The Bertz CT molecular complexity index is 828. The zero-order valence-corrected chi connectivity index (χ0v) is 19.9. The maximum Gasteiger partial charge on any atom is 0.267 e. The number of benzene rings is 1. The van der Waals surface area contributed by atoms with Crippen LogP contribution in [0.3, 0.4) is 0 Å². The van der Waals surface area contributed by atoms with Crippen LogP contribution in [0.4, 0.5) is 5.69 Å². The lowest BCUT2D eigenvalue weighted by molar-refractivity contribution is 0.163. The van der Waals surface area contributed by atoms with Crippen molar-refractivity contribution in [1.82, 2.24) is 4.90 Å². The van der Waals surface area contributed by atoms with Crippen LogP contribution in [0.5, 0.6) is 0 Å². The Kier molecular flexibility index (Phi) is 10.7. The van der Waals surface area contributed by atoms with E-state index in [0.29, 0.717) is 19.5 Å².